The molecule has 26 atom stereocenters. The summed E-state index contributed by atoms with van der Waals surface area (Å²) in [5.41, 5.74) is 0.950. The highest BCUT2D eigenvalue weighted by Gasteiger charge is 2.65. The van der Waals surface area contributed by atoms with Crippen LogP contribution in [-0.2, 0) is 28.4 Å². The molecule has 0 aromatic carbocycles. The summed E-state index contributed by atoms with van der Waals surface area (Å²) in [5.74, 6) is -0.518. The van der Waals surface area contributed by atoms with Crippen molar-refractivity contribution < 1.29 is 94.8 Å². The van der Waals surface area contributed by atoms with Crippen molar-refractivity contribution in [3.63, 3.8) is 0 Å². The van der Waals surface area contributed by atoms with E-state index in [-0.39, 0.29) is 36.0 Å². The number of ether oxygens (including phenoxy) is 6. The van der Waals surface area contributed by atoms with Crippen LogP contribution in [0.1, 0.15) is 79.6 Å². The van der Waals surface area contributed by atoms with Gasteiger partial charge in [-0.1, -0.05) is 44.1 Å². The van der Waals surface area contributed by atoms with E-state index < -0.39 is 147 Å². The van der Waals surface area contributed by atoms with Crippen LogP contribution in [0.2, 0.25) is 0 Å². The van der Waals surface area contributed by atoms with E-state index in [1.54, 1.807) is 0 Å². The van der Waals surface area contributed by atoms with Crippen molar-refractivity contribution in [2.45, 2.75) is 196 Å². The number of hydrogen-bond acceptors (Lipinski definition) is 19. The van der Waals surface area contributed by atoms with Crippen LogP contribution in [0.3, 0.4) is 0 Å². The van der Waals surface area contributed by atoms with Crippen molar-refractivity contribution in [2.75, 3.05) is 19.8 Å². The van der Waals surface area contributed by atoms with Gasteiger partial charge in [0.1, 0.15) is 73.2 Å². The van der Waals surface area contributed by atoms with Crippen molar-refractivity contribution in [1.82, 2.24) is 0 Å². The Kier molecular flexibility index (Phi) is 15.8. The lowest BCUT2D eigenvalue weighted by atomic mass is 9.46. The largest absolute Gasteiger partial charge is 0.394 e. The molecule has 0 aromatic rings. The van der Waals surface area contributed by atoms with Gasteiger partial charge in [0.05, 0.1) is 44.2 Å². The van der Waals surface area contributed by atoms with Crippen LogP contribution in [0.15, 0.2) is 23.3 Å². The van der Waals surface area contributed by atoms with Gasteiger partial charge in [-0.05, 0) is 87.4 Å². The minimum absolute atomic E-state index is 0.00352. The SMILES string of the molecule is CC(C)=CCC(O)C(C)C1C(OC2OC(CO)C(O)C(O)C2O)CC2C3CC=C4CC(O)CC(OC5OC(COC6OC(CO)C(O)C(O)C6O)C(O)C(O)C5O)C4(C)C3CCC21C. The molecule has 7 aliphatic rings. The summed E-state index contributed by atoms with van der Waals surface area (Å²) in [6.45, 7) is 8.45. The lowest BCUT2D eigenvalue weighted by molar-refractivity contribution is -0.342. The molecular formula is C45H74O19. The van der Waals surface area contributed by atoms with Crippen molar-refractivity contribution in [3.05, 3.63) is 23.3 Å². The minimum Gasteiger partial charge on any atom is -0.394 e. The van der Waals surface area contributed by atoms with Crippen LogP contribution in [0.5, 0.6) is 0 Å². The summed E-state index contributed by atoms with van der Waals surface area (Å²) in [5, 5.41) is 139. The van der Waals surface area contributed by atoms with Gasteiger partial charge >= 0.3 is 0 Å². The third-order valence-corrected chi connectivity index (χ3v) is 16.6. The summed E-state index contributed by atoms with van der Waals surface area (Å²) in [4.78, 5) is 0. The number of fused-ring (bicyclic) bond motifs is 5. The lowest BCUT2D eigenvalue weighted by Crippen LogP contribution is -2.63. The highest BCUT2D eigenvalue weighted by atomic mass is 16.7. The highest BCUT2D eigenvalue weighted by molar-refractivity contribution is 5.28. The lowest BCUT2D eigenvalue weighted by Gasteiger charge is -2.60. The van der Waals surface area contributed by atoms with Gasteiger partial charge in [0.15, 0.2) is 18.9 Å². The molecule has 3 saturated heterocycles. The van der Waals surface area contributed by atoms with Gasteiger partial charge in [-0.15, -0.1) is 0 Å². The Hall–Kier alpha value is -1.28. The first-order valence-corrected chi connectivity index (χ1v) is 23.1. The number of hydrogen-bond donors (Lipinski definition) is 13. The Morgan fingerprint density at radius 1 is 0.734 bits per heavy atom. The van der Waals surface area contributed by atoms with Crippen molar-refractivity contribution in [2.24, 2.45) is 40.4 Å². The van der Waals surface area contributed by atoms with Gasteiger partial charge in [-0.2, -0.15) is 0 Å². The Labute approximate surface area is 373 Å². The quantitative estimate of drug-likeness (QED) is 0.0864. The van der Waals surface area contributed by atoms with Crippen molar-refractivity contribution in [3.8, 4) is 0 Å². The average molecular weight is 919 g/mol. The van der Waals surface area contributed by atoms with E-state index in [1.165, 1.54) is 0 Å². The minimum atomic E-state index is -1.77. The standard InChI is InChI=1S/C45H74O19/c1-18(2)6-9-25(49)19(3)31-26(60-42-39(57)36(54)33(51)28(16-47)62-42)14-24-22-8-7-20-12-21(48)13-30(45(20,5)23(22)10-11-44(24,31)4)64-43-40(58)37(55)34(52)29(63-43)17-59-41-38(56)35(53)32(50)27(15-46)61-41/h6-7,19,21-43,46-58H,8-17H2,1-5H3. The zero-order valence-electron chi connectivity index (χ0n) is 37.3. The second kappa shape index (κ2) is 20.0. The van der Waals surface area contributed by atoms with E-state index in [2.05, 4.69) is 19.9 Å². The van der Waals surface area contributed by atoms with Gasteiger partial charge in [-0.25, -0.2) is 0 Å². The molecule has 19 nitrogen and oxygen atoms in total. The molecule has 0 amide bonds. The number of aliphatic hydroxyl groups excluding tert-OH is 13. The number of aliphatic hydroxyl groups is 13. The van der Waals surface area contributed by atoms with Crippen molar-refractivity contribution in [1.29, 1.82) is 0 Å². The van der Waals surface area contributed by atoms with Crippen LogP contribution >= 0.6 is 0 Å². The van der Waals surface area contributed by atoms with E-state index in [0.29, 0.717) is 38.5 Å². The molecule has 13 N–H and O–H groups in total. The molecule has 3 heterocycles. The number of rotatable bonds is 13. The fourth-order valence-electron chi connectivity index (χ4n) is 12.9. The fourth-order valence-corrected chi connectivity index (χ4v) is 12.9. The van der Waals surface area contributed by atoms with Crippen LogP contribution in [-0.4, -0.2) is 203 Å². The molecule has 3 aliphatic heterocycles. The zero-order valence-corrected chi connectivity index (χ0v) is 37.3. The summed E-state index contributed by atoms with van der Waals surface area (Å²) >= 11 is 0. The first-order chi connectivity index (χ1) is 30.2. The third kappa shape index (κ3) is 9.16. The topological polar surface area (TPSA) is 318 Å². The normalized spacial score (nSPS) is 51.6. The van der Waals surface area contributed by atoms with Crippen LogP contribution in [0.4, 0.5) is 0 Å². The molecular weight excluding hydrogens is 844 g/mol. The smallest absolute Gasteiger partial charge is 0.187 e. The molecule has 368 valence electrons. The monoisotopic (exact) mass is 918 g/mol. The summed E-state index contributed by atoms with van der Waals surface area (Å²) < 4.78 is 36.3. The molecule has 0 bridgehead atoms. The Balaban J connectivity index is 1.13. The van der Waals surface area contributed by atoms with Crippen LogP contribution < -0.4 is 0 Å². The Morgan fingerprint density at radius 3 is 1.88 bits per heavy atom. The van der Waals surface area contributed by atoms with E-state index in [0.717, 1.165) is 11.1 Å². The second-order valence-electron chi connectivity index (χ2n) is 20.5. The third-order valence-electron chi connectivity index (χ3n) is 16.6. The molecule has 26 unspecified atom stereocenters. The van der Waals surface area contributed by atoms with E-state index in [9.17, 15) is 66.4 Å². The van der Waals surface area contributed by atoms with Crippen LogP contribution in [0, 0.1) is 40.4 Å². The first-order valence-electron chi connectivity index (χ1n) is 23.1. The predicted molar refractivity (Wildman–Crippen MR) is 221 cm³/mol. The molecule has 0 radical (unpaired) electrons. The maximum Gasteiger partial charge on any atom is 0.187 e. The van der Waals surface area contributed by atoms with Crippen molar-refractivity contribution >= 4 is 0 Å². The van der Waals surface area contributed by atoms with Gasteiger partial charge < -0.3 is 94.8 Å². The molecule has 19 heteroatoms. The molecule has 4 aliphatic carbocycles. The Bertz CT molecular complexity index is 1630. The molecule has 3 saturated carbocycles. The second-order valence-corrected chi connectivity index (χ2v) is 20.5. The first kappa shape index (κ1) is 50.6. The molecule has 64 heavy (non-hydrogen) atoms. The van der Waals surface area contributed by atoms with E-state index in [1.807, 2.05) is 26.8 Å². The summed E-state index contributed by atoms with van der Waals surface area (Å²) in [6.07, 6.45) is -18.3. The maximum absolute atomic E-state index is 11.7. The van der Waals surface area contributed by atoms with E-state index >= 15 is 0 Å². The number of allylic oxidation sites excluding steroid dienone is 2. The molecule has 0 spiro atoms. The average Bonchev–Trinajstić information content (AvgIpc) is 3.56. The summed E-state index contributed by atoms with van der Waals surface area (Å²) in [7, 11) is 0. The highest BCUT2D eigenvalue weighted by Crippen LogP contribution is 2.68. The van der Waals surface area contributed by atoms with Gasteiger partial charge in [0, 0.05) is 11.8 Å². The van der Waals surface area contributed by atoms with Crippen LogP contribution in [0.25, 0.3) is 0 Å². The molecule has 0 aromatic heterocycles. The maximum atomic E-state index is 11.7. The van der Waals surface area contributed by atoms with Gasteiger partial charge in [0.2, 0.25) is 0 Å². The Morgan fingerprint density at radius 2 is 1.28 bits per heavy atom. The van der Waals surface area contributed by atoms with Gasteiger partial charge in [-0.3, -0.25) is 0 Å². The predicted octanol–water partition coefficient (Wildman–Crippen LogP) is -2.31. The zero-order chi connectivity index (χ0) is 46.7. The van der Waals surface area contributed by atoms with Gasteiger partial charge in [0.25, 0.3) is 0 Å². The molecule has 7 rings (SSSR count). The summed E-state index contributed by atoms with van der Waals surface area (Å²) in [6, 6.07) is 0. The molecule has 6 fully saturated rings. The fraction of sp³-hybridized carbons (Fsp3) is 0.911. The van der Waals surface area contributed by atoms with E-state index in [4.69, 9.17) is 28.4 Å².